The van der Waals surface area contributed by atoms with Gasteiger partial charge in [0.1, 0.15) is 0 Å². The van der Waals surface area contributed by atoms with E-state index in [0.717, 1.165) is 18.4 Å². The van der Waals surface area contributed by atoms with Gasteiger partial charge in [0.15, 0.2) is 9.84 Å². The monoisotopic (exact) mass is 411 g/mol. The maximum absolute atomic E-state index is 13.0. The molecule has 1 amide bonds. The van der Waals surface area contributed by atoms with E-state index >= 15 is 0 Å². The van der Waals surface area contributed by atoms with E-state index in [2.05, 4.69) is 5.32 Å². The average Bonchev–Trinajstić information content (AvgIpc) is 3.13. The second kappa shape index (κ2) is 6.62. The van der Waals surface area contributed by atoms with Crippen molar-refractivity contribution >= 4 is 15.7 Å². The molecule has 2 aromatic carbocycles. The predicted molar refractivity (Wildman–Crippen MR) is 98.8 cm³/mol. The molecule has 150 valence electrons. The van der Waals surface area contributed by atoms with Crippen LogP contribution in [-0.4, -0.2) is 26.6 Å². The lowest BCUT2D eigenvalue weighted by Gasteiger charge is -2.09. The number of hydrogen-bond acceptors (Lipinski definition) is 3. The number of halogens is 3. The molecule has 4 nitrogen and oxygen atoms in total. The van der Waals surface area contributed by atoms with Gasteiger partial charge in [0.05, 0.1) is 10.5 Å². The van der Waals surface area contributed by atoms with Gasteiger partial charge in [-0.3, -0.25) is 4.79 Å². The van der Waals surface area contributed by atoms with Gasteiger partial charge >= 0.3 is 6.18 Å². The highest BCUT2D eigenvalue weighted by molar-refractivity contribution is 7.90. The van der Waals surface area contributed by atoms with E-state index in [1.165, 1.54) is 30.3 Å². The maximum Gasteiger partial charge on any atom is 0.416 e. The number of rotatable bonds is 4. The van der Waals surface area contributed by atoms with Gasteiger partial charge in [-0.05, 0) is 41.3 Å². The predicted octanol–water partition coefficient (Wildman–Crippen LogP) is 4.03. The van der Waals surface area contributed by atoms with E-state index in [-0.39, 0.29) is 22.4 Å². The molecule has 1 aliphatic rings. The van der Waals surface area contributed by atoms with E-state index in [0.29, 0.717) is 5.56 Å². The van der Waals surface area contributed by atoms with Crippen molar-refractivity contribution in [3.8, 4) is 0 Å². The van der Waals surface area contributed by atoms with E-state index in [1.54, 1.807) is 6.07 Å². The molecule has 3 rings (SSSR count). The number of hydrogen-bond donors (Lipinski definition) is 1. The summed E-state index contributed by atoms with van der Waals surface area (Å²) in [4.78, 5) is 12.6. The molecule has 1 saturated carbocycles. The Morgan fingerprint density at radius 3 is 2.21 bits per heavy atom. The quantitative estimate of drug-likeness (QED) is 0.826. The minimum atomic E-state index is -4.42. The lowest BCUT2D eigenvalue weighted by Crippen LogP contribution is -2.28. The number of alkyl halides is 3. The summed E-state index contributed by atoms with van der Waals surface area (Å²) in [6.07, 6.45) is -3.34. The SMILES string of the molecule is CC1(C)[C@H](NC(=O)c2ccc(S(C)(=O)=O)cc2)[C@H]1c1cccc(C(F)(F)F)c1. The second-order valence-electron chi connectivity index (χ2n) is 7.67. The summed E-state index contributed by atoms with van der Waals surface area (Å²) in [7, 11) is -3.36. The van der Waals surface area contributed by atoms with Gasteiger partial charge < -0.3 is 5.32 Å². The molecule has 0 aromatic heterocycles. The molecule has 0 aliphatic heterocycles. The molecule has 0 radical (unpaired) electrons. The molecule has 0 unspecified atom stereocenters. The molecular weight excluding hydrogens is 391 g/mol. The molecule has 1 N–H and O–H groups in total. The first-order chi connectivity index (χ1) is 12.8. The van der Waals surface area contributed by atoms with E-state index in [4.69, 9.17) is 0 Å². The third kappa shape index (κ3) is 3.92. The number of benzene rings is 2. The van der Waals surface area contributed by atoms with Gasteiger partial charge in [0.2, 0.25) is 0 Å². The molecule has 28 heavy (non-hydrogen) atoms. The molecule has 0 spiro atoms. The number of sulfone groups is 1. The van der Waals surface area contributed by atoms with Gasteiger partial charge in [-0.15, -0.1) is 0 Å². The number of carbonyl (C=O) groups excluding carboxylic acids is 1. The molecule has 1 fully saturated rings. The fraction of sp³-hybridized carbons (Fsp3) is 0.350. The summed E-state index contributed by atoms with van der Waals surface area (Å²) < 4.78 is 61.9. The third-order valence-corrected chi connectivity index (χ3v) is 6.36. The standard InChI is InChI=1S/C20H20F3NO3S/c1-19(2)16(13-5-4-6-14(11-13)20(21,22)23)17(19)24-18(25)12-7-9-15(10-8-12)28(3,26)27/h4-11,16-17H,1-3H3,(H,24,25)/t16-,17-/m1/s1. The summed E-state index contributed by atoms with van der Waals surface area (Å²) >= 11 is 0. The normalized spacial score (nSPS) is 21.2. The van der Waals surface area contributed by atoms with Crippen molar-refractivity contribution in [3.63, 3.8) is 0 Å². The van der Waals surface area contributed by atoms with Crippen LogP contribution in [-0.2, 0) is 16.0 Å². The molecular formula is C20H20F3NO3S. The molecule has 0 saturated heterocycles. The topological polar surface area (TPSA) is 63.2 Å². The molecule has 1 aliphatic carbocycles. The Labute approximate surface area is 161 Å². The summed E-state index contributed by atoms with van der Waals surface area (Å²) in [5.74, 6) is -0.637. The van der Waals surface area contributed by atoms with Crippen molar-refractivity contribution in [3.05, 3.63) is 65.2 Å². The van der Waals surface area contributed by atoms with Crippen LogP contribution in [0, 0.1) is 5.41 Å². The van der Waals surface area contributed by atoms with Crippen LogP contribution in [0.1, 0.15) is 41.3 Å². The third-order valence-electron chi connectivity index (χ3n) is 5.23. The lowest BCUT2D eigenvalue weighted by atomic mass is 10.0. The molecule has 0 heterocycles. The van der Waals surface area contributed by atoms with Gasteiger partial charge in [0.25, 0.3) is 5.91 Å². The zero-order valence-electron chi connectivity index (χ0n) is 15.5. The zero-order chi connectivity index (χ0) is 20.9. The summed E-state index contributed by atoms with van der Waals surface area (Å²) in [5, 5.41) is 2.86. The van der Waals surface area contributed by atoms with Crippen molar-refractivity contribution in [2.45, 2.75) is 36.9 Å². The van der Waals surface area contributed by atoms with E-state index in [9.17, 15) is 26.4 Å². The highest BCUT2D eigenvalue weighted by atomic mass is 32.2. The number of amides is 1. The van der Waals surface area contributed by atoms with Gasteiger partial charge in [-0.1, -0.05) is 32.0 Å². The Balaban J connectivity index is 1.77. The minimum absolute atomic E-state index is 0.109. The van der Waals surface area contributed by atoms with Crippen LogP contribution >= 0.6 is 0 Å². The first kappa shape index (κ1) is 20.4. The first-order valence-electron chi connectivity index (χ1n) is 8.60. The molecule has 2 aromatic rings. The first-order valence-corrected chi connectivity index (χ1v) is 10.5. The smallest absolute Gasteiger partial charge is 0.348 e. The van der Waals surface area contributed by atoms with Crippen molar-refractivity contribution in [1.29, 1.82) is 0 Å². The van der Waals surface area contributed by atoms with Crippen LogP contribution in [0.4, 0.5) is 13.2 Å². The second-order valence-corrected chi connectivity index (χ2v) is 9.69. The Morgan fingerprint density at radius 2 is 1.68 bits per heavy atom. The minimum Gasteiger partial charge on any atom is -0.348 e. The Morgan fingerprint density at radius 1 is 1.07 bits per heavy atom. The highest BCUT2D eigenvalue weighted by Crippen LogP contribution is 2.59. The largest absolute Gasteiger partial charge is 0.416 e. The molecule has 0 bridgehead atoms. The molecule has 2 atom stereocenters. The number of carbonyl (C=O) groups is 1. The van der Waals surface area contributed by atoms with Gasteiger partial charge in [-0.25, -0.2) is 8.42 Å². The van der Waals surface area contributed by atoms with Crippen LogP contribution in [0.5, 0.6) is 0 Å². The Kier molecular flexibility index (Phi) is 4.82. The Hall–Kier alpha value is -2.35. The fourth-order valence-electron chi connectivity index (χ4n) is 3.52. The highest BCUT2D eigenvalue weighted by Gasteiger charge is 2.59. The van der Waals surface area contributed by atoms with Crippen LogP contribution in [0.2, 0.25) is 0 Å². The van der Waals surface area contributed by atoms with Crippen LogP contribution in [0.3, 0.4) is 0 Å². The lowest BCUT2D eigenvalue weighted by molar-refractivity contribution is -0.137. The average molecular weight is 411 g/mol. The fourth-order valence-corrected chi connectivity index (χ4v) is 4.15. The molecule has 8 heteroatoms. The summed E-state index contributed by atoms with van der Waals surface area (Å²) in [6, 6.07) is 10.4. The van der Waals surface area contributed by atoms with Crippen LogP contribution in [0.15, 0.2) is 53.4 Å². The summed E-state index contributed by atoms with van der Waals surface area (Å²) in [6.45, 7) is 3.77. The van der Waals surface area contributed by atoms with Gasteiger partial charge in [-0.2, -0.15) is 13.2 Å². The van der Waals surface area contributed by atoms with Crippen molar-refractivity contribution in [1.82, 2.24) is 5.32 Å². The van der Waals surface area contributed by atoms with Crippen LogP contribution in [0.25, 0.3) is 0 Å². The number of nitrogens with one attached hydrogen (secondary N) is 1. The summed E-state index contributed by atoms with van der Waals surface area (Å²) in [5.41, 5.74) is -0.295. The van der Waals surface area contributed by atoms with E-state index < -0.39 is 32.9 Å². The van der Waals surface area contributed by atoms with Crippen molar-refractivity contribution in [2.75, 3.05) is 6.26 Å². The van der Waals surface area contributed by atoms with Crippen molar-refractivity contribution < 1.29 is 26.4 Å². The van der Waals surface area contributed by atoms with Gasteiger partial charge in [0, 0.05) is 23.8 Å². The van der Waals surface area contributed by atoms with Crippen molar-refractivity contribution in [2.24, 2.45) is 5.41 Å². The maximum atomic E-state index is 13.0. The van der Waals surface area contributed by atoms with Crippen LogP contribution < -0.4 is 5.32 Å². The zero-order valence-corrected chi connectivity index (χ0v) is 16.4. The Bertz CT molecular complexity index is 1010. The van der Waals surface area contributed by atoms with E-state index in [1.807, 2.05) is 13.8 Å².